The first-order valence-electron chi connectivity index (χ1n) is 2.31. The van der Waals surface area contributed by atoms with Crippen LogP contribution in [-0.4, -0.2) is 4.98 Å². The van der Waals surface area contributed by atoms with Crippen LogP contribution in [0, 0.1) is 6.57 Å². The molecule has 0 saturated heterocycles. The van der Waals surface area contributed by atoms with Crippen LogP contribution in [0.25, 0.3) is 4.85 Å². The van der Waals surface area contributed by atoms with E-state index in [1.807, 2.05) is 0 Å². The van der Waals surface area contributed by atoms with E-state index >= 15 is 0 Å². The van der Waals surface area contributed by atoms with Gasteiger partial charge in [0.2, 0.25) is 5.69 Å². The van der Waals surface area contributed by atoms with Gasteiger partial charge < -0.3 is 0 Å². The van der Waals surface area contributed by atoms with Crippen molar-refractivity contribution >= 4 is 17.3 Å². The quantitative estimate of drug-likeness (QED) is 0.503. The lowest BCUT2D eigenvalue weighted by Crippen LogP contribution is -1.67. The summed E-state index contributed by atoms with van der Waals surface area (Å²) in [5.74, 6) is 0. The third kappa shape index (κ3) is 1.18. The largest absolute Gasteiger partial charge is 0.276 e. The molecule has 0 aromatic carbocycles. The van der Waals surface area contributed by atoms with E-state index in [1.54, 1.807) is 12.3 Å². The van der Waals surface area contributed by atoms with E-state index in [9.17, 15) is 0 Å². The molecular formula is C6H3ClN2. The van der Waals surface area contributed by atoms with Crippen LogP contribution < -0.4 is 0 Å². The SMILES string of the molecule is [C-]#[N+]c1cnccc1Cl. The molecule has 44 valence electrons. The van der Waals surface area contributed by atoms with Crippen LogP contribution in [0.2, 0.25) is 5.02 Å². The lowest BCUT2D eigenvalue weighted by Gasteiger charge is -1.88. The number of nitrogens with zero attached hydrogens (tertiary/aromatic N) is 2. The highest BCUT2D eigenvalue weighted by atomic mass is 35.5. The molecule has 0 aliphatic heterocycles. The van der Waals surface area contributed by atoms with Crippen LogP contribution in [-0.2, 0) is 0 Å². The van der Waals surface area contributed by atoms with Gasteiger partial charge in [-0.1, -0.05) is 11.6 Å². The molecule has 0 atom stereocenters. The highest BCUT2D eigenvalue weighted by Gasteiger charge is 1.94. The molecule has 0 fully saturated rings. The number of pyridine rings is 1. The zero-order valence-corrected chi connectivity index (χ0v) is 5.26. The minimum absolute atomic E-state index is 0.402. The van der Waals surface area contributed by atoms with Crippen molar-refractivity contribution in [3.8, 4) is 0 Å². The monoisotopic (exact) mass is 138 g/mol. The van der Waals surface area contributed by atoms with E-state index in [1.165, 1.54) is 6.20 Å². The molecule has 0 amide bonds. The standard InChI is InChI=1S/C6H3ClN2/c1-8-6-4-9-3-2-5(6)7/h2-4H. The summed E-state index contributed by atoms with van der Waals surface area (Å²) in [5, 5.41) is 0.458. The lowest BCUT2D eigenvalue weighted by atomic mass is 10.4. The molecule has 3 heteroatoms. The Bertz CT molecular complexity index is 251. The highest BCUT2D eigenvalue weighted by Crippen LogP contribution is 2.21. The molecule has 0 spiro atoms. The first-order valence-corrected chi connectivity index (χ1v) is 2.69. The maximum absolute atomic E-state index is 6.59. The van der Waals surface area contributed by atoms with Crippen LogP contribution in [0.3, 0.4) is 0 Å². The molecule has 1 rings (SSSR count). The molecule has 0 aliphatic carbocycles. The first kappa shape index (κ1) is 6.06. The zero-order chi connectivity index (χ0) is 6.69. The third-order valence-corrected chi connectivity index (χ3v) is 1.19. The minimum atomic E-state index is 0.402. The van der Waals surface area contributed by atoms with Gasteiger partial charge in [0.15, 0.2) is 0 Å². The number of halogens is 1. The second-order valence-electron chi connectivity index (χ2n) is 1.44. The van der Waals surface area contributed by atoms with Gasteiger partial charge in [-0.2, -0.15) is 0 Å². The van der Waals surface area contributed by atoms with E-state index in [2.05, 4.69) is 9.83 Å². The van der Waals surface area contributed by atoms with Crippen molar-refractivity contribution in [1.29, 1.82) is 0 Å². The van der Waals surface area contributed by atoms with Gasteiger partial charge in [-0.25, -0.2) is 4.85 Å². The van der Waals surface area contributed by atoms with Crippen molar-refractivity contribution < 1.29 is 0 Å². The second kappa shape index (κ2) is 2.47. The fourth-order valence-corrected chi connectivity index (χ4v) is 0.599. The predicted octanol–water partition coefficient (Wildman–Crippen LogP) is 2.29. The fraction of sp³-hybridized carbons (Fsp3) is 0. The van der Waals surface area contributed by atoms with Crippen LogP contribution in [0.15, 0.2) is 18.5 Å². The molecule has 0 bridgehead atoms. The summed E-state index contributed by atoms with van der Waals surface area (Å²) < 4.78 is 0. The van der Waals surface area contributed by atoms with Gasteiger partial charge in [0.25, 0.3) is 0 Å². The van der Waals surface area contributed by atoms with Crippen molar-refractivity contribution in [1.82, 2.24) is 4.98 Å². The summed E-state index contributed by atoms with van der Waals surface area (Å²) in [5.41, 5.74) is 0.402. The predicted molar refractivity (Wildman–Crippen MR) is 35.5 cm³/mol. The maximum Gasteiger partial charge on any atom is 0.223 e. The van der Waals surface area contributed by atoms with Gasteiger partial charge in [0, 0.05) is 12.4 Å². The molecule has 0 unspecified atom stereocenters. The molecular weight excluding hydrogens is 136 g/mol. The van der Waals surface area contributed by atoms with Crippen molar-refractivity contribution in [3.05, 3.63) is 34.9 Å². The Morgan fingerprint density at radius 2 is 2.44 bits per heavy atom. The van der Waals surface area contributed by atoms with E-state index in [-0.39, 0.29) is 0 Å². The van der Waals surface area contributed by atoms with Gasteiger partial charge >= 0.3 is 0 Å². The summed E-state index contributed by atoms with van der Waals surface area (Å²) in [4.78, 5) is 6.84. The molecule has 0 aliphatic rings. The van der Waals surface area contributed by atoms with Gasteiger partial charge in [-0.3, -0.25) is 4.98 Å². The molecule has 2 nitrogen and oxygen atoms in total. The minimum Gasteiger partial charge on any atom is -0.276 e. The summed E-state index contributed by atoms with van der Waals surface area (Å²) in [6.07, 6.45) is 2.99. The van der Waals surface area contributed by atoms with Crippen LogP contribution in [0.4, 0.5) is 5.69 Å². The molecule has 9 heavy (non-hydrogen) atoms. The van der Waals surface area contributed by atoms with Crippen LogP contribution in [0.5, 0.6) is 0 Å². The summed E-state index contributed by atoms with van der Waals surface area (Å²) in [6.45, 7) is 6.59. The molecule has 0 saturated carbocycles. The van der Waals surface area contributed by atoms with Gasteiger partial charge in [-0.15, -0.1) is 0 Å². The number of hydrogen-bond acceptors (Lipinski definition) is 1. The Hall–Kier alpha value is -1.07. The van der Waals surface area contributed by atoms with E-state index in [0.717, 1.165) is 0 Å². The Kier molecular flexibility index (Phi) is 1.66. The smallest absolute Gasteiger partial charge is 0.223 e. The average molecular weight is 139 g/mol. The second-order valence-corrected chi connectivity index (χ2v) is 1.85. The topological polar surface area (TPSA) is 17.2 Å². The third-order valence-electron chi connectivity index (χ3n) is 0.869. The van der Waals surface area contributed by atoms with Crippen molar-refractivity contribution in [3.63, 3.8) is 0 Å². The van der Waals surface area contributed by atoms with Crippen molar-refractivity contribution in [2.45, 2.75) is 0 Å². The highest BCUT2D eigenvalue weighted by molar-refractivity contribution is 6.33. The van der Waals surface area contributed by atoms with Crippen LogP contribution >= 0.6 is 11.6 Å². The van der Waals surface area contributed by atoms with E-state index < -0.39 is 0 Å². The molecule has 1 aromatic rings. The Balaban J connectivity index is 3.20. The van der Waals surface area contributed by atoms with Crippen molar-refractivity contribution in [2.24, 2.45) is 0 Å². The maximum atomic E-state index is 6.59. The Morgan fingerprint density at radius 1 is 1.67 bits per heavy atom. The summed E-state index contributed by atoms with van der Waals surface area (Å²) >= 11 is 5.57. The first-order chi connectivity index (χ1) is 4.34. The van der Waals surface area contributed by atoms with Gasteiger partial charge in [-0.05, 0) is 6.07 Å². The van der Waals surface area contributed by atoms with Gasteiger partial charge in [0.1, 0.15) is 0 Å². The normalized spacial score (nSPS) is 8.44. The number of aromatic nitrogens is 1. The average Bonchev–Trinajstić information content (AvgIpc) is 1.89. The summed E-state index contributed by atoms with van der Waals surface area (Å²) in [7, 11) is 0. The Labute approximate surface area is 57.9 Å². The molecule has 1 heterocycles. The Morgan fingerprint density at radius 3 is 2.89 bits per heavy atom. The lowest BCUT2D eigenvalue weighted by molar-refractivity contribution is 1.34. The van der Waals surface area contributed by atoms with Crippen molar-refractivity contribution in [2.75, 3.05) is 0 Å². The van der Waals surface area contributed by atoms with E-state index in [0.29, 0.717) is 10.7 Å². The van der Waals surface area contributed by atoms with Crippen LogP contribution in [0.1, 0.15) is 0 Å². The number of rotatable bonds is 0. The number of hydrogen-bond donors (Lipinski definition) is 0. The van der Waals surface area contributed by atoms with E-state index in [4.69, 9.17) is 18.2 Å². The molecule has 0 radical (unpaired) electrons. The fourth-order valence-electron chi connectivity index (χ4n) is 0.451. The van der Waals surface area contributed by atoms with Gasteiger partial charge in [0.05, 0.1) is 11.6 Å². The summed E-state index contributed by atoms with van der Waals surface area (Å²) in [6, 6.07) is 1.59. The molecule has 0 N–H and O–H groups in total. The molecule has 1 aromatic heterocycles. The zero-order valence-electron chi connectivity index (χ0n) is 4.50.